The summed E-state index contributed by atoms with van der Waals surface area (Å²) in [5.41, 5.74) is 2.99. The molecular formula is C19H19FN4O2. The van der Waals surface area contributed by atoms with Gasteiger partial charge < -0.3 is 14.2 Å². The Morgan fingerprint density at radius 3 is 2.54 bits per heavy atom. The van der Waals surface area contributed by atoms with Crippen molar-refractivity contribution in [2.75, 3.05) is 31.1 Å². The minimum atomic E-state index is -0.294. The van der Waals surface area contributed by atoms with Crippen LogP contribution in [0.3, 0.4) is 0 Å². The fourth-order valence-electron chi connectivity index (χ4n) is 3.07. The van der Waals surface area contributed by atoms with Crippen LogP contribution in [0.2, 0.25) is 0 Å². The van der Waals surface area contributed by atoms with Crippen molar-refractivity contribution in [3.8, 4) is 0 Å². The molecule has 1 fully saturated rings. The van der Waals surface area contributed by atoms with Gasteiger partial charge in [-0.2, -0.15) is 4.98 Å². The predicted octanol–water partition coefficient (Wildman–Crippen LogP) is 2.56. The van der Waals surface area contributed by atoms with Crippen LogP contribution in [0.25, 0.3) is 11.2 Å². The largest absolute Gasteiger partial charge is 0.422 e. The minimum Gasteiger partial charge on any atom is -0.422 e. The van der Waals surface area contributed by atoms with Crippen LogP contribution in [0.1, 0.15) is 11.3 Å². The fourth-order valence-corrected chi connectivity index (χ4v) is 3.07. The zero-order valence-corrected chi connectivity index (χ0v) is 14.5. The molecule has 0 saturated carbocycles. The van der Waals surface area contributed by atoms with Crippen molar-refractivity contribution >= 4 is 23.2 Å². The van der Waals surface area contributed by atoms with Gasteiger partial charge in [-0.3, -0.25) is 4.79 Å². The number of pyridine rings is 1. The summed E-state index contributed by atoms with van der Waals surface area (Å²) in [6, 6.07) is 10.4. The summed E-state index contributed by atoms with van der Waals surface area (Å²) in [7, 11) is 0. The monoisotopic (exact) mass is 354 g/mol. The van der Waals surface area contributed by atoms with Crippen LogP contribution in [0, 0.1) is 12.7 Å². The Bertz CT molecular complexity index is 930. The summed E-state index contributed by atoms with van der Waals surface area (Å²) in [6.45, 7) is 4.43. The molecule has 7 heteroatoms. The number of hydrogen-bond donors (Lipinski definition) is 0. The summed E-state index contributed by atoms with van der Waals surface area (Å²) >= 11 is 0. The highest BCUT2D eigenvalue weighted by atomic mass is 19.1. The number of carbonyl (C=O) groups excluding carboxylic acids is 1. The first-order valence-electron chi connectivity index (χ1n) is 8.60. The van der Waals surface area contributed by atoms with Crippen LogP contribution in [-0.2, 0) is 11.2 Å². The van der Waals surface area contributed by atoms with E-state index in [2.05, 4.69) is 9.97 Å². The Morgan fingerprint density at radius 1 is 1.08 bits per heavy atom. The molecule has 0 unspecified atom stereocenters. The van der Waals surface area contributed by atoms with E-state index in [0.29, 0.717) is 43.4 Å². The lowest BCUT2D eigenvalue weighted by Crippen LogP contribution is -2.49. The van der Waals surface area contributed by atoms with Gasteiger partial charge in [0.25, 0.3) is 6.01 Å². The quantitative estimate of drug-likeness (QED) is 0.723. The SMILES string of the molecule is Cc1ccc2oc(N3CCN(C(=O)Cc4ccc(F)cc4)CC3)nc2n1. The molecule has 2 aromatic heterocycles. The zero-order chi connectivity index (χ0) is 18.1. The van der Waals surface area contributed by atoms with Crippen LogP contribution in [0.15, 0.2) is 40.8 Å². The third-order valence-electron chi connectivity index (χ3n) is 4.55. The number of halogens is 1. The summed E-state index contributed by atoms with van der Waals surface area (Å²) in [5, 5.41) is 0. The van der Waals surface area contributed by atoms with Crippen LogP contribution >= 0.6 is 0 Å². The molecule has 3 heterocycles. The normalized spacial score (nSPS) is 14.8. The summed E-state index contributed by atoms with van der Waals surface area (Å²) in [6.07, 6.45) is 0.284. The van der Waals surface area contributed by atoms with E-state index in [4.69, 9.17) is 4.42 Å². The maximum absolute atomic E-state index is 13.0. The zero-order valence-electron chi connectivity index (χ0n) is 14.5. The smallest absolute Gasteiger partial charge is 0.300 e. The molecule has 6 nitrogen and oxygen atoms in total. The van der Waals surface area contributed by atoms with E-state index in [1.54, 1.807) is 12.1 Å². The maximum Gasteiger partial charge on any atom is 0.300 e. The molecule has 0 radical (unpaired) electrons. The first kappa shape index (κ1) is 16.5. The number of nitrogens with zero attached hydrogens (tertiary/aromatic N) is 4. The van der Waals surface area contributed by atoms with Crippen molar-refractivity contribution in [2.45, 2.75) is 13.3 Å². The second-order valence-corrected chi connectivity index (χ2v) is 6.44. The molecule has 4 rings (SSSR count). The highest BCUT2D eigenvalue weighted by Crippen LogP contribution is 2.22. The molecular weight excluding hydrogens is 335 g/mol. The summed E-state index contributed by atoms with van der Waals surface area (Å²) in [5.74, 6) is -0.246. The van der Waals surface area contributed by atoms with Gasteiger partial charge in [0.05, 0.1) is 6.42 Å². The number of hydrogen-bond acceptors (Lipinski definition) is 5. The van der Waals surface area contributed by atoms with E-state index in [1.807, 2.05) is 28.9 Å². The fraction of sp³-hybridized carbons (Fsp3) is 0.316. The Morgan fingerprint density at radius 2 is 1.81 bits per heavy atom. The number of piperazine rings is 1. The molecule has 1 aliphatic rings. The van der Waals surface area contributed by atoms with E-state index < -0.39 is 0 Å². The van der Waals surface area contributed by atoms with Crippen LogP contribution in [-0.4, -0.2) is 47.0 Å². The van der Waals surface area contributed by atoms with Gasteiger partial charge in [-0.15, -0.1) is 0 Å². The van der Waals surface area contributed by atoms with Crippen LogP contribution in [0.5, 0.6) is 0 Å². The van der Waals surface area contributed by atoms with Gasteiger partial charge in [-0.1, -0.05) is 12.1 Å². The molecule has 1 saturated heterocycles. The van der Waals surface area contributed by atoms with Gasteiger partial charge >= 0.3 is 0 Å². The number of carbonyl (C=O) groups is 1. The van der Waals surface area contributed by atoms with E-state index >= 15 is 0 Å². The second kappa shape index (κ2) is 6.74. The average molecular weight is 354 g/mol. The Balaban J connectivity index is 1.38. The van der Waals surface area contributed by atoms with E-state index in [1.165, 1.54) is 12.1 Å². The van der Waals surface area contributed by atoms with Gasteiger partial charge in [-0.25, -0.2) is 9.37 Å². The third kappa shape index (κ3) is 3.37. The summed E-state index contributed by atoms with van der Waals surface area (Å²) < 4.78 is 18.7. The highest BCUT2D eigenvalue weighted by Gasteiger charge is 2.24. The number of aryl methyl sites for hydroxylation is 1. The van der Waals surface area contributed by atoms with Crippen LogP contribution < -0.4 is 4.90 Å². The molecule has 0 spiro atoms. The second-order valence-electron chi connectivity index (χ2n) is 6.44. The predicted molar refractivity (Wildman–Crippen MR) is 95.4 cm³/mol. The summed E-state index contributed by atoms with van der Waals surface area (Å²) in [4.78, 5) is 25.1. The van der Waals surface area contributed by atoms with Crippen molar-refractivity contribution in [2.24, 2.45) is 0 Å². The lowest BCUT2D eigenvalue weighted by atomic mass is 10.1. The lowest BCUT2D eigenvalue weighted by molar-refractivity contribution is -0.130. The number of fused-ring (bicyclic) bond motifs is 1. The van der Waals surface area contributed by atoms with Gasteiger partial charge in [0, 0.05) is 31.9 Å². The number of aromatic nitrogens is 2. The Hall–Kier alpha value is -2.96. The van der Waals surface area contributed by atoms with Crippen molar-refractivity contribution < 1.29 is 13.6 Å². The molecule has 0 N–H and O–H groups in total. The first-order valence-corrected chi connectivity index (χ1v) is 8.60. The van der Waals surface area contributed by atoms with Gasteiger partial charge in [0.1, 0.15) is 5.82 Å². The molecule has 1 amide bonds. The highest BCUT2D eigenvalue weighted by molar-refractivity contribution is 5.79. The third-order valence-corrected chi connectivity index (χ3v) is 4.55. The van der Waals surface area contributed by atoms with Crippen molar-refractivity contribution in [3.63, 3.8) is 0 Å². The average Bonchev–Trinajstić information content (AvgIpc) is 3.07. The molecule has 3 aromatic rings. The standard InChI is InChI=1S/C19H19FN4O2/c1-13-2-7-16-18(21-13)22-19(26-16)24-10-8-23(9-11-24)17(25)12-14-3-5-15(20)6-4-14/h2-7H,8-12H2,1H3. The lowest BCUT2D eigenvalue weighted by Gasteiger charge is -2.33. The molecule has 0 aliphatic carbocycles. The Labute approximate surface area is 150 Å². The maximum atomic E-state index is 13.0. The van der Waals surface area contributed by atoms with E-state index in [0.717, 1.165) is 11.3 Å². The van der Waals surface area contributed by atoms with Crippen molar-refractivity contribution in [1.82, 2.24) is 14.9 Å². The number of anilines is 1. The van der Waals surface area contributed by atoms with Crippen LogP contribution in [0.4, 0.5) is 10.4 Å². The number of benzene rings is 1. The molecule has 1 aliphatic heterocycles. The molecule has 134 valence electrons. The number of rotatable bonds is 3. The van der Waals surface area contributed by atoms with Gasteiger partial charge in [0.15, 0.2) is 5.58 Å². The number of oxazole rings is 1. The molecule has 0 bridgehead atoms. The Kier molecular flexibility index (Phi) is 4.28. The molecule has 0 atom stereocenters. The topological polar surface area (TPSA) is 62.5 Å². The molecule has 1 aromatic carbocycles. The van der Waals surface area contributed by atoms with E-state index in [9.17, 15) is 9.18 Å². The minimum absolute atomic E-state index is 0.0473. The van der Waals surface area contributed by atoms with Gasteiger partial charge in [-0.05, 0) is 36.8 Å². The van der Waals surface area contributed by atoms with Crippen molar-refractivity contribution in [1.29, 1.82) is 0 Å². The molecule has 26 heavy (non-hydrogen) atoms. The number of amides is 1. The first-order chi connectivity index (χ1) is 12.6. The van der Waals surface area contributed by atoms with Gasteiger partial charge in [0.2, 0.25) is 11.6 Å². The van der Waals surface area contributed by atoms with E-state index in [-0.39, 0.29) is 18.1 Å². The van der Waals surface area contributed by atoms with Crippen molar-refractivity contribution in [3.05, 3.63) is 53.5 Å².